The first-order chi connectivity index (χ1) is 9.36. The third kappa shape index (κ3) is 7.84. The van der Waals surface area contributed by atoms with Crippen molar-refractivity contribution in [2.45, 2.75) is 11.9 Å². The van der Waals surface area contributed by atoms with Crippen LogP contribution in [0.3, 0.4) is 0 Å². The van der Waals surface area contributed by atoms with Gasteiger partial charge in [0.25, 0.3) is 10.2 Å². The fourth-order valence-corrected chi connectivity index (χ4v) is 2.80. The smallest absolute Gasteiger partial charge is 0.271 e. The lowest BCUT2D eigenvalue weighted by atomic mass is 10.2. The molecule has 0 aromatic heterocycles. The highest BCUT2D eigenvalue weighted by Gasteiger charge is 2.29. The van der Waals surface area contributed by atoms with Crippen LogP contribution in [0.4, 0.5) is 18.9 Å². The minimum Gasteiger partial charge on any atom is -0.271 e. The predicted octanol–water partition coefficient (Wildman–Crippen LogP) is 0.284. The van der Waals surface area contributed by atoms with Gasteiger partial charge < -0.3 is 0 Å². The third-order valence-electron chi connectivity index (χ3n) is 2.04. The second-order valence-electron chi connectivity index (χ2n) is 4.05. The second-order valence-corrected chi connectivity index (χ2v) is 7.16. The molecule has 0 atom stereocenters. The first-order valence-electron chi connectivity index (χ1n) is 5.30. The molecule has 0 aliphatic heterocycles. The molecule has 7 nitrogen and oxygen atoms in total. The number of halogens is 3. The Bertz CT molecular complexity index is 684. The van der Waals surface area contributed by atoms with E-state index in [-0.39, 0.29) is 5.69 Å². The number of hydrogen-bond donors (Lipinski definition) is 3. The Labute approximate surface area is 119 Å². The molecule has 0 radical (unpaired) electrons. The van der Waals surface area contributed by atoms with Crippen molar-refractivity contribution in [3.63, 3.8) is 0 Å². The maximum Gasteiger partial charge on any atom is 0.402 e. The number of sulfonamides is 1. The molecular formula is C9H12F3N3O4S2. The molecule has 0 bridgehead atoms. The van der Waals surface area contributed by atoms with E-state index in [1.54, 1.807) is 0 Å². The summed E-state index contributed by atoms with van der Waals surface area (Å²) in [5.41, 5.74) is 0.284. The number of nitrogens with one attached hydrogen (secondary N) is 2. The molecule has 0 amide bonds. The normalized spacial score (nSPS) is 13.1. The Balaban J connectivity index is 2.71. The summed E-state index contributed by atoms with van der Waals surface area (Å²) in [6.07, 6.45) is -4.67. The van der Waals surface area contributed by atoms with Gasteiger partial charge in [-0.15, -0.1) is 0 Å². The number of anilines is 1. The van der Waals surface area contributed by atoms with Crippen LogP contribution in [0.25, 0.3) is 0 Å². The average molecular weight is 347 g/mol. The van der Waals surface area contributed by atoms with Crippen molar-refractivity contribution in [1.29, 1.82) is 0 Å². The highest BCUT2D eigenvalue weighted by molar-refractivity contribution is 7.90. The van der Waals surface area contributed by atoms with Crippen molar-refractivity contribution in [2.75, 3.05) is 11.3 Å². The topological polar surface area (TPSA) is 118 Å². The molecule has 0 spiro atoms. The van der Waals surface area contributed by atoms with Crippen LogP contribution in [0.5, 0.6) is 0 Å². The summed E-state index contributed by atoms with van der Waals surface area (Å²) in [4.78, 5) is 0. The van der Waals surface area contributed by atoms with Gasteiger partial charge in [-0.3, -0.25) is 4.72 Å². The Morgan fingerprint density at radius 2 is 1.57 bits per heavy atom. The number of rotatable bonds is 6. The largest absolute Gasteiger partial charge is 0.402 e. The molecule has 0 unspecified atom stereocenters. The zero-order valence-electron chi connectivity index (χ0n) is 10.4. The Morgan fingerprint density at radius 1 is 1.05 bits per heavy atom. The number of nitrogens with two attached hydrogens (primary N) is 1. The molecule has 0 fully saturated rings. The first kappa shape index (κ1) is 17.7. The van der Waals surface area contributed by atoms with E-state index >= 15 is 0 Å². The van der Waals surface area contributed by atoms with Crippen molar-refractivity contribution in [2.24, 2.45) is 5.14 Å². The van der Waals surface area contributed by atoms with E-state index in [9.17, 15) is 30.0 Å². The molecular weight excluding hydrogens is 335 g/mol. The fourth-order valence-electron chi connectivity index (χ4n) is 1.27. The Kier molecular flexibility index (Phi) is 5.20. The summed E-state index contributed by atoms with van der Waals surface area (Å²) < 4.78 is 83.2. The van der Waals surface area contributed by atoms with E-state index in [1.807, 2.05) is 4.72 Å². The molecule has 120 valence electrons. The molecule has 0 aliphatic carbocycles. The third-order valence-corrected chi connectivity index (χ3v) is 3.80. The van der Waals surface area contributed by atoms with E-state index in [4.69, 9.17) is 5.14 Å². The van der Waals surface area contributed by atoms with Gasteiger partial charge >= 0.3 is 6.18 Å². The molecule has 0 saturated carbocycles. The lowest BCUT2D eigenvalue weighted by Crippen LogP contribution is -2.37. The number of hydrogen-bond acceptors (Lipinski definition) is 4. The number of alkyl halides is 3. The summed E-state index contributed by atoms with van der Waals surface area (Å²) in [5.74, 6) is -0.438. The molecule has 0 saturated heterocycles. The minimum atomic E-state index is -4.67. The lowest BCUT2D eigenvalue weighted by Gasteiger charge is -2.11. The van der Waals surface area contributed by atoms with Crippen molar-refractivity contribution in [3.05, 3.63) is 29.8 Å². The summed E-state index contributed by atoms with van der Waals surface area (Å²) >= 11 is 0. The van der Waals surface area contributed by atoms with Crippen molar-refractivity contribution >= 4 is 25.9 Å². The zero-order valence-corrected chi connectivity index (χ0v) is 12.0. The fraction of sp³-hybridized carbons (Fsp3) is 0.333. The molecule has 12 heteroatoms. The molecule has 0 heterocycles. The summed E-state index contributed by atoms with van der Waals surface area (Å²) in [5, 5.41) is 4.83. The number of benzene rings is 1. The maximum atomic E-state index is 11.9. The van der Waals surface area contributed by atoms with Crippen LogP contribution in [0.1, 0.15) is 5.56 Å². The van der Waals surface area contributed by atoms with Crippen LogP contribution < -0.4 is 14.6 Å². The van der Waals surface area contributed by atoms with Gasteiger partial charge in [0.05, 0.1) is 5.75 Å². The molecule has 21 heavy (non-hydrogen) atoms. The van der Waals surface area contributed by atoms with Gasteiger partial charge in [-0.05, 0) is 17.7 Å². The summed E-state index contributed by atoms with van der Waals surface area (Å²) in [6, 6.07) is 4.97. The van der Waals surface area contributed by atoms with E-state index in [0.717, 1.165) is 0 Å². The summed E-state index contributed by atoms with van der Waals surface area (Å²) in [6.45, 7) is -1.70. The van der Waals surface area contributed by atoms with E-state index in [1.165, 1.54) is 29.0 Å². The van der Waals surface area contributed by atoms with Crippen molar-refractivity contribution in [3.8, 4) is 0 Å². The molecule has 1 aromatic carbocycles. The van der Waals surface area contributed by atoms with E-state index < -0.39 is 38.7 Å². The van der Waals surface area contributed by atoms with Crippen LogP contribution >= 0.6 is 0 Å². The standard InChI is InChI=1S/C9H12F3N3O4S2/c10-9(11,12)6-14-21(18,19)15-8-3-1-7(2-4-8)5-20(13,16)17/h1-4,14-15H,5-6H2,(H2,13,16,17). The monoisotopic (exact) mass is 347 g/mol. The van der Waals surface area contributed by atoms with Crippen molar-refractivity contribution in [1.82, 2.24) is 4.72 Å². The van der Waals surface area contributed by atoms with Crippen LogP contribution in [-0.2, 0) is 26.0 Å². The highest BCUT2D eigenvalue weighted by Crippen LogP contribution is 2.15. The quantitative estimate of drug-likeness (QED) is 0.685. The van der Waals surface area contributed by atoms with Gasteiger partial charge in [0, 0.05) is 5.69 Å². The zero-order chi connectivity index (χ0) is 16.3. The lowest BCUT2D eigenvalue weighted by molar-refractivity contribution is -0.121. The van der Waals surface area contributed by atoms with E-state index in [2.05, 4.69) is 0 Å². The van der Waals surface area contributed by atoms with Gasteiger partial charge in [-0.1, -0.05) is 12.1 Å². The molecule has 1 rings (SSSR count). The van der Waals surface area contributed by atoms with Gasteiger partial charge in [0.15, 0.2) is 0 Å². The number of primary sulfonamides is 1. The van der Waals surface area contributed by atoms with Crippen molar-refractivity contribution < 1.29 is 30.0 Å². The van der Waals surface area contributed by atoms with Crippen LogP contribution in [0.2, 0.25) is 0 Å². The van der Waals surface area contributed by atoms with Crippen LogP contribution in [0.15, 0.2) is 24.3 Å². The molecule has 0 aliphatic rings. The van der Waals surface area contributed by atoms with Gasteiger partial charge in [0.2, 0.25) is 10.0 Å². The second kappa shape index (κ2) is 6.17. The molecule has 4 N–H and O–H groups in total. The van der Waals surface area contributed by atoms with Crippen LogP contribution in [-0.4, -0.2) is 29.6 Å². The van der Waals surface area contributed by atoms with Gasteiger partial charge in [0.1, 0.15) is 6.54 Å². The summed E-state index contributed by atoms with van der Waals surface area (Å²) in [7, 11) is -8.10. The Hall–Kier alpha value is -1.37. The molecule has 1 aromatic rings. The minimum absolute atomic E-state index is 0.0251. The van der Waals surface area contributed by atoms with E-state index in [0.29, 0.717) is 5.56 Å². The Morgan fingerprint density at radius 3 is 2.00 bits per heavy atom. The first-order valence-corrected chi connectivity index (χ1v) is 8.50. The van der Waals surface area contributed by atoms with Gasteiger partial charge in [-0.2, -0.15) is 26.3 Å². The maximum absolute atomic E-state index is 11.9. The van der Waals surface area contributed by atoms with Crippen LogP contribution in [0, 0.1) is 0 Å². The highest BCUT2D eigenvalue weighted by atomic mass is 32.2. The predicted molar refractivity (Wildman–Crippen MR) is 69.9 cm³/mol. The average Bonchev–Trinajstić information content (AvgIpc) is 2.26. The van der Waals surface area contributed by atoms with Gasteiger partial charge in [-0.25, -0.2) is 13.6 Å². The SMILES string of the molecule is NS(=O)(=O)Cc1ccc(NS(=O)(=O)NCC(F)(F)F)cc1.